The molecule has 0 amide bonds. The highest BCUT2D eigenvalue weighted by Crippen LogP contribution is 2.14. The number of nitrogens with zero attached hydrogens (tertiary/aromatic N) is 1. The zero-order valence-corrected chi connectivity index (χ0v) is 11.8. The first-order chi connectivity index (χ1) is 9.20. The van der Waals surface area contributed by atoms with Crippen LogP contribution in [-0.4, -0.2) is 37.1 Å². The van der Waals surface area contributed by atoms with Gasteiger partial charge in [0.25, 0.3) is 0 Å². The summed E-state index contributed by atoms with van der Waals surface area (Å²) in [5.41, 5.74) is 0.376. The molecular weight excluding hydrogens is 263 g/mol. The van der Waals surface area contributed by atoms with Crippen LogP contribution in [0.3, 0.4) is 0 Å². The molecule has 1 N–H and O–H groups in total. The number of rotatable bonds is 2. The third-order valence-corrected chi connectivity index (χ3v) is 3.52. The van der Waals surface area contributed by atoms with Gasteiger partial charge in [0, 0.05) is 31.2 Å². The number of nitrogens with one attached hydrogen (secondary N) is 1. The summed E-state index contributed by atoms with van der Waals surface area (Å²) in [4.78, 5) is 2.34. The molecule has 4 heteroatoms. The average molecular weight is 281 g/mol. The van der Waals surface area contributed by atoms with Crippen LogP contribution < -0.4 is 5.32 Å². The van der Waals surface area contributed by atoms with Crippen molar-refractivity contribution in [3.8, 4) is 11.8 Å². The van der Waals surface area contributed by atoms with Gasteiger partial charge >= 0.3 is 0 Å². The summed E-state index contributed by atoms with van der Waals surface area (Å²) < 4.78 is 13.6. The summed E-state index contributed by atoms with van der Waals surface area (Å²) in [6.07, 6.45) is 0.940. The Labute approximate surface area is 118 Å². The summed E-state index contributed by atoms with van der Waals surface area (Å²) in [5.74, 6) is 5.79. The van der Waals surface area contributed by atoms with E-state index >= 15 is 0 Å². The standard InChI is InChI=1S/C15H18ClFN2/c1-2-14(19-9-7-18-8-10-19)5-3-12-11-13(16)4-6-15(12)17/h4,6,11,14,18H,2,7-10H2,1H3. The van der Waals surface area contributed by atoms with Crippen molar-refractivity contribution in [2.45, 2.75) is 19.4 Å². The Kier molecular flexibility index (Phi) is 5.21. The summed E-state index contributed by atoms with van der Waals surface area (Å²) in [6.45, 7) is 6.07. The van der Waals surface area contributed by atoms with E-state index in [-0.39, 0.29) is 11.9 Å². The molecule has 0 aliphatic carbocycles. The first kappa shape index (κ1) is 14.3. The number of hydrogen-bond donors (Lipinski definition) is 1. The molecule has 2 rings (SSSR count). The highest BCUT2D eigenvalue weighted by molar-refractivity contribution is 6.30. The minimum atomic E-state index is -0.313. The molecule has 1 aliphatic heterocycles. The zero-order valence-electron chi connectivity index (χ0n) is 11.0. The van der Waals surface area contributed by atoms with E-state index in [0.29, 0.717) is 10.6 Å². The molecular formula is C15H18ClFN2. The predicted octanol–water partition coefficient (Wildman–Crippen LogP) is 2.51. The van der Waals surface area contributed by atoms with Gasteiger partial charge in [0.05, 0.1) is 11.6 Å². The second-order valence-electron chi connectivity index (χ2n) is 4.60. The molecule has 2 nitrogen and oxygen atoms in total. The third kappa shape index (κ3) is 3.94. The molecule has 1 heterocycles. The molecule has 1 unspecified atom stereocenters. The fourth-order valence-electron chi connectivity index (χ4n) is 2.20. The monoisotopic (exact) mass is 280 g/mol. The smallest absolute Gasteiger partial charge is 0.138 e. The highest BCUT2D eigenvalue weighted by Gasteiger charge is 2.16. The molecule has 1 aromatic rings. The van der Waals surface area contributed by atoms with Crippen LogP contribution in [-0.2, 0) is 0 Å². The summed E-state index contributed by atoms with van der Waals surface area (Å²) in [5, 5.41) is 3.83. The minimum Gasteiger partial charge on any atom is -0.314 e. The van der Waals surface area contributed by atoms with Crippen molar-refractivity contribution >= 4 is 11.6 Å². The average Bonchev–Trinajstić information content (AvgIpc) is 2.44. The van der Waals surface area contributed by atoms with Crippen LogP contribution in [0.1, 0.15) is 18.9 Å². The molecule has 1 saturated heterocycles. The van der Waals surface area contributed by atoms with Crippen LogP contribution in [0.25, 0.3) is 0 Å². The third-order valence-electron chi connectivity index (χ3n) is 3.28. The van der Waals surface area contributed by atoms with Gasteiger partial charge in [-0.15, -0.1) is 0 Å². The van der Waals surface area contributed by atoms with Gasteiger partial charge in [0.2, 0.25) is 0 Å². The van der Waals surface area contributed by atoms with Gasteiger partial charge in [0.1, 0.15) is 5.82 Å². The number of benzene rings is 1. The maximum Gasteiger partial charge on any atom is 0.138 e. The van der Waals surface area contributed by atoms with Gasteiger partial charge in [-0.05, 0) is 24.6 Å². The quantitative estimate of drug-likeness (QED) is 0.838. The van der Waals surface area contributed by atoms with E-state index in [9.17, 15) is 4.39 Å². The molecule has 0 radical (unpaired) electrons. The van der Waals surface area contributed by atoms with Gasteiger partial charge in [-0.2, -0.15) is 0 Å². The molecule has 1 aromatic carbocycles. The topological polar surface area (TPSA) is 15.3 Å². The fourth-order valence-corrected chi connectivity index (χ4v) is 2.37. The van der Waals surface area contributed by atoms with Crippen LogP contribution in [0.5, 0.6) is 0 Å². The minimum absolute atomic E-state index is 0.181. The Morgan fingerprint density at radius 2 is 2.16 bits per heavy atom. The Hall–Kier alpha value is -1.08. The first-order valence-electron chi connectivity index (χ1n) is 6.62. The Morgan fingerprint density at radius 1 is 1.42 bits per heavy atom. The molecule has 1 atom stereocenters. The number of hydrogen-bond acceptors (Lipinski definition) is 2. The molecule has 0 saturated carbocycles. The zero-order chi connectivity index (χ0) is 13.7. The Balaban J connectivity index is 2.13. The lowest BCUT2D eigenvalue weighted by Gasteiger charge is -2.31. The highest BCUT2D eigenvalue weighted by atomic mass is 35.5. The van der Waals surface area contributed by atoms with E-state index in [0.717, 1.165) is 32.6 Å². The second-order valence-corrected chi connectivity index (χ2v) is 5.04. The van der Waals surface area contributed by atoms with E-state index in [1.54, 1.807) is 6.07 Å². The largest absolute Gasteiger partial charge is 0.314 e. The summed E-state index contributed by atoms with van der Waals surface area (Å²) in [6, 6.07) is 4.66. The van der Waals surface area contributed by atoms with Crippen molar-refractivity contribution in [2.24, 2.45) is 0 Å². The Morgan fingerprint density at radius 3 is 2.84 bits per heavy atom. The number of halogens is 2. The lowest BCUT2D eigenvalue weighted by Crippen LogP contribution is -2.47. The molecule has 0 aromatic heterocycles. The van der Waals surface area contributed by atoms with Crippen molar-refractivity contribution in [2.75, 3.05) is 26.2 Å². The predicted molar refractivity (Wildman–Crippen MR) is 76.8 cm³/mol. The Bertz CT molecular complexity index is 487. The van der Waals surface area contributed by atoms with Crippen molar-refractivity contribution in [1.29, 1.82) is 0 Å². The molecule has 0 spiro atoms. The van der Waals surface area contributed by atoms with E-state index in [1.807, 2.05) is 0 Å². The van der Waals surface area contributed by atoms with E-state index in [1.165, 1.54) is 12.1 Å². The molecule has 19 heavy (non-hydrogen) atoms. The van der Waals surface area contributed by atoms with Gasteiger partial charge in [0.15, 0.2) is 0 Å². The van der Waals surface area contributed by atoms with Gasteiger partial charge in [-0.3, -0.25) is 4.90 Å². The van der Waals surface area contributed by atoms with Crippen LogP contribution in [0.4, 0.5) is 4.39 Å². The molecule has 1 aliphatic rings. The summed E-state index contributed by atoms with van der Waals surface area (Å²) in [7, 11) is 0. The SMILES string of the molecule is CCC(C#Cc1cc(Cl)ccc1F)N1CCNCC1. The fraction of sp³-hybridized carbons (Fsp3) is 0.467. The van der Waals surface area contributed by atoms with E-state index in [2.05, 4.69) is 29.0 Å². The van der Waals surface area contributed by atoms with Crippen LogP contribution in [0, 0.1) is 17.7 Å². The first-order valence-corrected chi connectivity index (χ1v) is 7.00. The van der Waals surface area contributed by atoms with Crippen LogP contribution >= 0.6 is 11.6 Å². The molecule has 1 fully saturated rings. The molecule has 0 bridgehead atoms. The second kappa shape index (κ2) is 6.91. The maximum absolute atomic E-state index is 13.6. The summed E-state index contributed by atoms with van der Waals surface area (Å²) >= 11 is 5.86. The number of piperazine rings is 1. The van der Waals surface area contributed by atoms with Crippen molar-refractivity contribution in [3.05, 3.63) is 34.6 Å². The maximum atomic E-state index is 13.6. The van der Waals surface area contributed by atoms with Gasteiger partial charge in [-0.1, -0.05) is 30.4 Å². The van der Waals surface area contributed by atoms with Crippen LogP contribution in [0.15, 0.2) is 18.2 Å². The van der Waals surface area contributed by atoms with Gasteiger partial charge in [-0.25, -0.2) is 4.39 Å². The van der Waals surface area contributed by atoms with Crippen molar-refractivity contribution in [3.63, 3.8) is 0 Å². The van der Waals surface area contributed by atoms with Crippen molar-refractivity contribution in [1.82, 2.24) is 10.2 Å². The normalized spacial score (nSPS) is 17.6. The molecule has 102 valence electrons. The van der Waals surface area contributed by atoms with Gasteiger partial charge < -0.3 is 5.32 Å². The van der Waals surface area contributed by atoms with E-state index in [4.69, 9.17) is 11.6 Å². The van der Waals surface area contributed by atoms with E-state index < -0.39 is 0 Å². The lowest BCUT2D eigenvalue weighted by atomic mass is 10.1. The van der Waals surface area contributed by atoms with Crippen molar-refractivity contribution < 1.29 is 4.39 Å². The lowest BCUT2D eigenvalue weighted by molar-refractivity contribution is 0.204. The van der Waals surface area contributed by atoms with Crippen LogP contribution in [0.2, 0.25) is 5.02 Å².